The van der Waals surface area contributed by atoms with Gasteiger partial charge in [0, 0.05) is 0 Å². The van der Waals surface area contributed by atoms with Gasteiger partial charge in [0.1, 0.15) is 11.9 Å². The van der Waals surface area contributed by atoms with Crippen LogP contribution in [0, 0.1) is 6.92 Å². The molecule has 0 amide bonds. The van der Waals surface area contributed by atoms with Gasteiger partial charge in [0.05, 0.1) is 13.2 Å². The predicted octanol–water partition coefficient (Wildman–Crippen LogP) is 4.54. The van der Waals surface area contributed by atoms with Crippen LogP contribution in [0.15, 0.2) is 66.7 Å². The Hall–Kier alpha value is -2.06. The number of aryl methyl sites for hydroxylation is 1. The fraction of sp³-hybridized carbons (Fsp3) is 0.263. The van der Waals surface area contributed by atoms with Crippen LogP contribution in [0.3, 0.4) is 0 Å². The van der Waals surface area contributed by atoms with Crippen molar-refractivity contribution in [2.75, 3.05) is 6.61 Å². The van der Waals surface area contributed by atoms with Crippen molar-refractivity contribution >= 4 is 0 Å². The van der Waals surface area contributed by atoms with E-state index < -0.39 is 0 Å². The number of hydrogen-bond acceptors (Lipinski definition) is 2. The van der Waals surface area contributed by atoms with E-state index >= 15 is 0 Å². The Morgan fingerprint density at radius 2 is 1.86 bits per heavy atom. The SMILES string of the molecule is C/C=C/[C@@H](COCc1ccccc1)Oc1cccc(C)c1. The quantitative estimate of drug-likeness (QED) is 0.694. The Kier molecular flexibility index (Phi) is 6.04. The lowest BCUT2D eigenvalue weighted by molar-refractivity contribution is 0.0608. The summed E-state index contributed by atoms with van der Waals surface area (Å²) < 4.78 is 11.7. The average Bonchev–Trinajstić information content (AvgIpc) is 2.48. The summed E-state index contributed by atoms with van der Waals surface area (Å²) in [6, 6.07) is 18.2. The van der Waals surface area contributed by atoms with Crippen molar-refractivity contribution in [3.8, 4) is 5.75 Å². The second kappa shape index (κ2) is 8.28. The van der Waals surface area contributed by atoms with Gasteiger partial charge in [-0.25, -0.2) is 0 Å². The topological polar surface area (TPSA) is 18.5 Å². The average molecular weight is 282 g/mol. The van der Waals surface area contributed by atoms with Crippen LogP contribution in [0.5, 0.6) is 5.75 Å². The molecule has 21 heavy (non-hydrogen) atoms. The maximum Gasteiger partial charge on any atom is 0.140 e. The molecular weight excluding hydrogens is 260 g/mol. The first-order valence-corrected chi connectivity index (χ1v) is 7.26. The third-order valence-electron chi connectivity index (χ3n) is 3.08. The second-order valence-electron chi connectivity index (χ2n) is 5.00. The van der Waals surface area contributed by atoms with Gasteiger partial charge < -0.3 is 9.47 Å². The molecule has 0 saturated heterocycles. The number of hydrogen-bond donors (Lipinski definition) is 0. The first kappa shape index (κ1) is 15.3. The van der Waals surface area contributed by atoms with Crippen LogP contribution >= 0.6 is 0 Å². The first-order chi connectivity index (χ1) is 10.3. The summed E-state index contributed by atoms with van der Waals surface area (Å²) >= 11 is 0. The van der Waals surface area contributed by atoms with Crippen LogP contribution in [0.4, 0.5) is 0 Å². The lowest BCUT2D eigenvalue weighted by Gasteiger charge is -2.16. The van der Waals surface area contributed by atoms with Gasteiger partial charge in [-0.15, -0.1) is 0 Å². The van der Waals surface area contributed by atoms with E-state index in [9.17, 15) is 0 Å². The molecular formula is C19H22O2. The molecule has 2 heteroatoms. The van der Waals surface area contributed by atoms with Crippen molar-refractivity contribution in [3.63, 3.8) is 0 Å². The Balaban J connectivity index is 1.87. The zero-order valence-electron chi connectivity index (χ0n) is 12.7. The molecule has 0 fully saturated rings. The highest BCUT2D eigenvalue weighted by Gasteiger charge is 2.07. The minimum atomic E-state index is -0.0690. The van der Waals surface area contributed by atoms with Gasteiger partial charge in [0.25, 0.3) is 0 Å². The molecule has 0 radical (unpaired) electrons. The van der Waals surface area contributed by atoms with Crippen molar-refractivity contribution in [2.45, 2.75) is 26.6 Å². The molecule has 0 unspecified atom stereocenters. The number of ether oxygens (including phenoxy) is 2. The first-order valence-electron chi connectivity index (χ1n) is 7.26. The standard InChI is InChI=1S/C19H22O2/c1-3-8-19(21-18-12-7-9-16(2)13-18)15-20-14-17-10-5-4-6-11-17/h3-13,19H,14-15H2,1-2H3/b8-3+/t19-/m0/s1. The zero-order chi connectivity index (χ0) is 14.9. The van der Waals surface area contributed by atoms with Gasteiger partial charge in [0.2, 0.25) is 0 Å². The summed E-state index contributed by atoms with van der Waals surface area (Å²) in [5.74, 6) is 0.876. The van der Waals surface area contributed by atoms with E-state index in [1.54, 1.807) is 0 Å². The van der Waals surface area contributed by atoms with Gasteiger partial charge >= 0.3 is 0 Å². The van der Waals surface area contributed by atoms with Crippen molar-refractivity contribution in [1.82, 2.24) is 0 Å². The summed E-state index contributed by atoms with van der Waals surface area (Å²) in [5, 5.41) is 0. The lowest BCUT2D eigenvalue weighted by Crippen LogP contribution is -2.20. The fourth-order valence-corrected chi connectivity index (χ4v) is 2.07. The van der Waals surface area contributed by atoms with Crippen molar-refractivity contribution in [3.05, 3.63) is 77.9 Å². The number of benzene rings is 2. The normalized spacial score (nSPS) is 12.5. The molecule has 0 aliphatic carbocycles. The Bertz CT molecular complexity index is 561. The van der Waals surface area contributed by atoms with Gasteiger partial charge in [-0.2, -0.15) is 0 Å². The Labute approximate surface area is 127 Å². The van der Waals surface area contributed by atoms with E-state index in [1.807, 2.05) is 55.5 Å². The molecule has 110 valence electrons. The van der Waals surface area contributed by atoms with E-state index in [1.165, 1.54) is 11.1 Å². The van der Waals surface area contributed by atoms with Crippen LogP contribution in [-0.2, 0) is 11.3 Å². The summed E-state index contributed by atoms with van der Waals surface area (Å²) in [5.41, 5.74) is 2.37. The lowest BCUT2D eigenvalue weighted by atomic mass is 10.2. The number of allylic oxidation sites excluding steroid dienone is 1. The van der Waals surface area contributed by atoms with Gasteiger partial charge in [0.15, 0.2) is 0 Å². The molecule has 2 nitrogen and oxygen atoms in total. The van der Waals surface area contributed by atoms with Crippen LogP contribution in [0.25, 0.3) is 0 Å². The van der Waals surface area contributed by atoms with Gasteiger partial charge in [-0.1, -0.05) is 48.5 Å². The summed E-state index contributed by atoms with van der Waals surface area (Å²) in [7, 11) is 0. The van der Waals surface area contributed by atoms with E-state index in [4.69, 9.17) is 9.47 Å². The fourth-order valence-electron chi connectivity index (χ4n) is 2.07. The molecule has 2 rings (SSSR count). The number of rotatable bonds is 7. The highest BCUT2D eigenvalue weighted by molar-refractivity contribution is 5.28. The van der Waals surface area contributed by atoms with E-state index in [2.05, 4.69) is 25.1 Å². The molecule has 0 saturated carbocycles. The van der Waals surface area contributed by atoms with Crippen molar-refractivity contribution in [2.24, 2.45) is 0 Å². The maximum absolute atomic E-state index is 5.96. The highest BCUT2D eigenvalue weighted by atomic mass is 16.5. The minimum Gasteiger partial charge on any atom is -0.484 e. The van der Waals surface area contributed by atoms with Crippen molar-refractivity contribution < 1.29 is 9.47 Å². The molecule has 0 aliphatic rings. The van der Waals surface area contributed by atoms with E-state index in [0.29, 0.717) is 13.2 Å². The van der Waals surface area contributed by atoms with E-state index in [-0.39, 0.29) is 6.10 Å². The predicted molar refractivity (Wildman–Crippen MR) is 86.5 cm³/mol. The smallest absolute Gasteiger partial charge is 0.140 e. The van der Waals surface area contributed by atoms with Crippen LogP contribution in [0.1, 0.15) is 18.1 Å². The summed E-state index contributed by atoms with van der Waals surface area (Å²) in [6.07, 6.45) is 3.94. The Morgan fingerprint density at radius 3 is 2.57 bits per heavy atom. The molecule has 0 N–H and O–H groups in total. The third-order valence-corrected chi connectivity index (χ3v) is 3.08. The summed E-state index contributed by atoms with van der Waals surface area (Å²) in [6.45, 7) is 5.19. The maximum atomic E-state index is 5.96. The minimum absolute atomic E-state index is 0.0690. The molecule has 0 heterocycles. The molecule has 2 aromatic rings. The molecule has 2 aromatic carbocycles. The highest BCUT2D eigenvalue weighted by Crippen LogP contribution is 2.15. The van der Waals surface area contributed by atoms with Crippen molar-refractivity contribution in [1.29, 1.82) is 0 Å². The molecule has 1 atom stereocenters. The molecule has 0 spiro atoms. The Morgan fingerprint density at radius 1 is 1.05 bits per heavy atom. The van der Waals surface area contributed by atoms with Gasteiger partial charge in [-0.05, 0) is 43.2 Å². The van der Waals surface area contributed by atoms with Crippen LogP contribution in [0.2, 0.25) is 0 Å². The van der Waals surface area contributed by atoms with Crippen LogP contribution < -0.4 is 4.74 Å². The zero-order valence-corrected chi connectivity index (χ0v) is 12.7. The van der Waals surface area contributed by atoms with Gasteiger partial charge in [-0.3, -0.25) is 0 Å². The second-order valence-corrected chi connectivity index (χ2v) is 5.00. The third kappa shape index (κ3) is 5.44. The monoisotopic (exact) mass is 282 g/mol. The molecule has 0 bridgehead atoms. The van der Waals surface area contributed by atoms with E-state index in [0.717, 1.165) is 5.75 Å². The van der Waals surface area contributed by atoms with Crippen LogP contribution in [-0.4, -0.2) is 12.7 Å². The largest absolute Gasteiger partial charge is 0.484 e. The molecule has 0 aromatic heterocycles. The summed E-state index contributed by atoms with van der Waals surface area (Å²) in [4.78, 5) is 0. The molecule has 0 aliphatic heterocycles.